The average molecular weight is 263 g/mol. The predicted octanol–water partition coefficient (Wildman–Crippen LogP) is 1.58. The molecule has 6 heteroatoms. The molecule has 100 valence electrons. The molecule has 1 aliphatic heterocycles. The van der Waals surface area contributed by atoms with E-state index in [-0.39, 0.29) is 23.6 Å². The minimum Gasteiger partial charge on any atom is -0.379 e. The molecular weight excluding hydrogens is 249 g/mol. The zero-order valence-electron chi connectivity index (χ0n) is 10.5. The van der Waals surface area contributed by atoms with Crippen LogP contribution in [0.1, 0.15) is 11.8 Å². The van der Waals surface area contributed by atoms with Crippen LogP contribution in [-0.4, -0.2) is 36.4 Å². The number of likely N-dealkylation sites (N-methyl/N-ethyl adjacent to an activating group) is 1. The van der Waals surface area contributed by atoms with Gasteiger partial charge in [0.05, 0.1) is 24.7 Å². The molecule has 1 aliphatic rings. The monoisotopic (exact) mass is 263 g/mol. The van der Waals surface area contributed by atoms with Crippen LogP contribution in [0.3, 0.4) is 0 Å². The van der Waals surface area contributed by atoms with E-state index in [1.807, 2.05) is 7.05 Å². The first-order valence-electron chi connectivity index (χ1n) is 6.13. The van der Waals surface area contributed by atoms with Gasteiger partial charge in [-0.15, -0.1) is 0 Å². The summed E-state index contributed by atoms with van der Waals surface area (Å²) in [5.41, 5.74) is 0.345. The van der Waals surface area contributed by atoms with Gasteiger partial charge in [0.1, 0.15) is 5.82 Å². The summed E-state index contributed by atoms with van der Waals surface area (Å²) in [5.74, 6) is 0.408. The topological polar surface area (TPSA) is 60.2 Å². The number of hydrogen-bond acceptors (Lipinski definition) is 5. The lowest BCUT2D eigenvalue weighted by Crippen LogP contribution is -2.31. The van der Waals surface area contributed by atoms with Gasteiger partial charge in [0.25, 0.3) is 0 Å². The van der Waals surface area contributed by atoms with E-state index in [1.165, 1.54) is 6.07 Å². The van der Waals surface area contributed by atoms with Crippen LogP contribution in [0.5, 0.6) is 0 Å². The van der Waals surface area contributed by atoms with Crippen molar-refractivity contribution >= 4 is 0 Å². The first-order valence-corrected chi connectivity index (χ1v) is 6.13. The Hall–Kier alpha value is -1.79. The largest absolute Gasteiger partial charge is 0.379 e. The maximum Gasteiger partial charge on any atom is 0.234 e. The third kappa shape index (κ3) is 2.24. The van der Waals surface area contributed by atoms with Crippen LogP contribution in [0, 0.1) is 5.82 Å². The van der Waals surface area contributed by atoms with Gasteiger partial charge in [-0.1, -0.05) is 17.3 Å². The van der Waals surface area contributed by atoms with Gasteiger partial charge in [-0.25, -0.2) is 4.39 Å². The molecule has 2 aromatic rings. The maximum atomic E-state index is 13.6. The molecule has 1 fully saturated rings. The number of nitrogens with zero attached hydrogens (tertiary/aromatic N) is 2. The van der Waals surface area contributed by atoms with E-state index in [4.69, 9.17) is 9.26 Å². The molecule has 2 unspecified atom stereocenters. The lowest BCUT2D eigenvalue weighted by molar-refractivity contribution is 0.185. The standard InChI is InChI=1S/C13H14FN3O2/c1-15-11-7-18-6-9(11)13-16-12(17-19-13)8-4-2-3-5-10(8)14/h2-5,9,11,15H,6-7H2,1H3. The molecule has 1 aromatic carbocycles. The summed E-state index contributed by atoms with van der Waals surface area (Å²) < 4.78 is 24.3. The van der Waals surface area contributed by atoms with Gasteiger partial charge < -0.3 is 14.6 Å². The second-order valence-electron chi connectivity index (χ2n) is 4.48. The van der Waals surface area contributed by atoms with Crippen molar-refractivity contribution < 1.29 is 13.7 Å². The molecule has 0 amide bonds. The molecule has 0 radical (unpaired) electrons. The van der Waals surface area contributed by atoms with Gasteiger partial charge in [-0.05, 0) is 19.2 Å². The fourth-order valence-electron chi connectivity index (χ4n) is 2.22. The zero-order valence-corrected chi connectivity index (χ0v) is 10.5. The van der Waals surface area contributed by atoms with Crippen molar-refractivity contribution in [1.82, 2.24) is 15.5 Å². The van der Waals surface area contributed by atoms with E-state index in [2.05, 4.69) is 15.5 Å². The Balaban J connectivity index is 1.90. The molecule has 2 atom stereocenters. The molecule has 0 bridgehead atoms. The van der Waals surface area contributed by atoms with Crippen molar-refractivity contribution in [2.24, 2.45) is 0 Å². The third-order valence-electron chi connectivity index (χ3n) is 3.33. The van der Waals surface area contributed by atoms with Crippen molar-refractivity contribution in [1.29, 1.82) is 0 Å². The number of nitrogens with one attached hydrogen (secondary N) is 1. The van der Waals surface area contributed by atoms with Crippen molar-refractivity contribution in [3.8, 4) is 11.4 Å². The minimum absolute atomic E-state index is 0.0121. The summed E-state index contributed by atoms with van der Waals surface area (Å²) in [6.45, 7) is 1.14. The molecule has 1 saturated heterocycles. The fraction of sp³-hybridized carbons (Fsp3) is 0.385. The zero-order chi connectivity index (χ0) is 13.2. The molecule has 5 nitrogen and oxygen atoms in total. The molecule has 1 N–H and O–H groups in total. The van der Waals surface area contributed by atoms with Gasteiger partial charge >= 0.3 is 0 Å². The molecular formula is C13H14FN3O2. The highest BCUT2D eigenvalue weighted by atomic mass is 19.1. The van der Waals surface area contributed by atoms with Gasteiger partial charge in [0.2, 0.25) is 11.7 Å². The number of ether oxygens (including phenoxy) is 1. The highest BCUT2D eigenvalue weighted by molar-refractivity contribution is 5.54. The molecule has 3 rings (SSSR count). The van der Waals surface area contributed by atoms with Crippen molar-refractivity contribution in [2.75, 3.05) is 20.3 Å². The number of aromatic nitrogens is 2. The van der Waals surface area contributed by atoms with Crippen molar-refractivity contribution in [3.05, 3.63) is 36.0 Å². The van der Waals surface area contributed by atoms with Gasteiger partial charge in [0, 0.05) is 6.04 Å². The third-order valence-corrected chi connectivity index (χ3v) is 3.33. The van der Waals surface area contributed by atoms with Crippen molar-refractivity contribution in [2.45, 2.75) is 12.0 Å². The number of halogens is 1. The van der Waals surface area contributed by atoms with Crippen LogP contribution in [0.25, 0.3) is 11.4 Å². The summed E-state index contributed by atoms with van der Waals surface area (Å²) >= 11 is 0. The number of benzene rings is 1. The van der Waals surface area contributed by atoms with Crippen LogP contribution in [0.2, 0.25) is 0 Å². The Kier molecular flexibility index (Phi) is 3.27. The Labute approximate surface area is 109 Å². The highest BCUT2D eigenvalue weighted by Gasteiger charge is 2.33. The summed E-state index contributed by atoms with van der Waals surface area (Å²) in [6.07, 6.45) is 0. The predicted molar refractivity (Wildman–Crippen MR) is 66.1 cm³/mol. The van der Waals surface area contributed by atoms with Gasteiger partial charge in [-0.3, -0.25) is 0 Å². The molecule has 0 saturated carbocycles. The molecule has 1 aromatic heterocycles. The van der Waals surface area contributed by atoms with E-state index >= 15 is 0 Å². The summed E-state index contributed by atoms with van der Waals surface area (Å²) in [6, 6.07) is 6.52. The van der Waals surface area contributed by atoms with E-state index in [1.54, 1.807) is 18.2 Å². The van der Waals surface area contributed by atoms with E-state index in [0.717, 1.165) is 0 Å². The van der Waals surface area contributed by atoms with Crippen LogP contribution in [0.4, 0.5) is 4.39 Å². The first-order chi connectivity index (χ1) is 9.29. The Morgan fingerprint density at radius 3 is 2.95 bits per heavy atom. The maximum absolute atomic E-state index is 13.6. The van der Waals surface area contributed by atoms with Crippen LogP contribution < -0.4 is 5.32 Å². The molecule has 0 aliphatic carbocycles. The Morgan fingerprint density at radius 2 is 2.16 bits per heavy atom. The lowest BCUT2D eigenvalue weighted by atomic mass is 10.0. The van der Waals surface area contributed by atoms with E-state index < -0.39 is 0 Å². The number of rotatable bonds is 3. The first kappa shape index (κ1) is 12.3. The lowest BCUT2D eigenvalue weighted by Gasteiger charge is -2.11. The van der Waals surface area contributed by atoms with Crippen LogP contribution in [-0.2, 0) is 4.74 Å². The smallest absolute Gasteiger partial charge is 0.234 e. The SMILES string of the molecule is CNC1COCC1c1nc(-c2ccccc2F)no1. The highest BCUT2D eigenvalue weighted by Crippen LogP contribution is 2.27. The van der Waals surface area contributed by atoms with E-state index in [9.17, 15) is 4.39 Å². The summed E-state index contributed by atoms with van der Waals surface area (Å²) in [7, 11) is 1.86. The summed E-state index contributed by atoms with van der Waals surface area (Å²) in [4.78, 5) is 4.28. The van der Waals surface area contributed by atoms with E-state index in [0.29, 0.717) is 24.7 Å². The second-order valence-corrected chi connectivity index (χ2v) is 4.48. The Morgan fingerprint density at radius 1 is 1.32 bits per heavy atom. The molecule has 0 spiro atoms. The minimum atomic E-state index is -0.359. The normalized spacial score (nSPS) is 22.8. The van der Waals surface area contributed by atoms with Gasteiger partial charge in [0.15, 0.2) is 0 Å². The summed E-state index contributed by atoms with van der Waals surface area (Å²) in [5, 5.41) is 7.00. The molecule has 19 heavy (non-hydrogen) atoms. The van der Waals surface area contributed by atoms with Crippen LogP contribution >= 0.6 is 0 Å². The Bertz CT molecular complexity index is 573. The van der Waals surface area contributed by atoms with Crippen molar-refractivity contribution in [3.63, 3.8) is 0 Å². The average Bonchev–Trinajstić information content (AvgIpc) is 3.07. The van der Waals surface area contributed by atoms with Gasteiger partial charge in [-0.2, -0.15) is 4.98 Å². The second kappa shape index (κ2) is 5.07. The number of hydrogen-bond donors (Lipinski definition) is 1. The van der Waals surface area contributed by atoms with Crippen LogP contribution in [0.15, 0.2) is 28.8 Å². The quantitative estimate of drug-likeness (QED) is 0.911. The molecule has 2 heterocycles. The fourth-order valence-corrected chi connectivity index (χ4v) is 2.22.